The molecule has 2 N–H and O–H groups in total. The lowest BCUT2D eigenvalue weighted by Gasteiger charge is -2.36. The fourth-order valence-electron chi connectivity index (χ4n) is 4.36. The van der Waals surface area contributed by atoms with Gasteiger partial charge in [0.05, 0.1) is 19.8 Å². The number of aliphatic hydroxyl groups excluding tert-OH is 1. The number of piperidine rings is 1. The summed E-state index contributed by atoms with van der Waals surface area (Å²) in [5.74, 6) is 0.929. The van der Waals surface area contributed by atoms with Gasteiger partial charge in [-0.25, -0.2) is 0 Å². The monoisotopic (exact) mass is 374 g/mol. The Bertz CT molecular complexity index is 678. The lowest BCUT2D eigenvalue weighted by atomic mass is 9.84. The summed E-state index contributed by atoms with van der Waals surface area (Å²) in [5, 5.41) is 12.7. The lowest BCUT2D eigenvalue weighted by Crippen LogP contribution is -2.48. The van der Waals surface area contributed by atoms with Gasteiger partial charge in [0.25, 0.3) is 0 Å². The molecule has 2 amide bonds. The Balaban J connectivity index is 1.67. The van der Waals surface area contributed by atoms with Gasteiger partial charge in [0.2, 0.25) is 11.8 Å². The number of carbonyl (C=O) groups excluding carboxylic acids is 2. The number of nitrogens with one attached hydrogen (secondary N) is 1. The maximum Gasteiger partial charge on any atom is 0.222 e. The van der Waals surface area contributed by atoms with E-state index in [0.29, 0.717) is 25.7 Å². The van der Waals surface area contributed by atoms with Gasteiger partial charge in [-0.3, -0.25) is 9.59 Å². The van der Waals surface area contributed by atoms with Crippen molar-refractivity contribution in [3.63, 3.8) is 0 Å². The number of hydrogen-bond acceptors (Lipinski definition) is 4. The van der Waals surface area contributed by atoms with Crippen molar-refractivity contribution in [2.45, 2.75) is 62.9 Å². The molecule has 0 radical (unpaired) electrons. The van der Waals surface area contributed by atoms with Crippen LogP contribution in [0.5, 0.6) is 5.75 Å². The molecule has 3 rings (SSSR count). The van der Waals surface area contributed by atoms with Gasteiger partial charge in [0, 0.05) is 24.9 Å². The van der Waals surface area contributed by atoms with E-state index >= 15 is 0 Å². The molecule has 1 aromatic rings. The van der Waals surface area contributed by atoms with Crippen molar-refractivity contribution in [1.29, 1.82) is 0 Å². The molecule has 0 aromatic heterocycles. The molecular weight excluding hydrogens is 344 g/mol. The van der Waals surface area contributed by atoms with Gasteiger partial charge < -0.3 is 20.1 Å². The van der Waals surface area contributed by atoms with E-state index in [0.717, 1.165) is 43.5 Å². The fraction of sp³-hybridized carbons (Fsp3) is 0.619. The maximum atomic E-state index is 12.8. The van der Waals surface area contributed by atoms with E-state index in [2.05, 4.69) is 5.32 Å². The van der Waals surface area contributed by atoms with Gasteiger partial charge in [-0.1, -0.05) is 12.1 Å². The number of ether oxygens (including phenoxy) is 1. The Kier molecular flexibility index (Phi) is 6.37. The van der Waals surface area contributed by atoms with Crippen LogP contribution in [-0.4, -0.2) is 53.7 Å². The zero-order valence-corrected chi connectivity index (χ0v) is 16.1. The summed E-state index contributed by atoms with van der Waals surface area (Å²) in [4.78, 5) is 26.6. The van der Waals surface area contributed by atoms with Gasteiger partial charge in [0.1, 0.15) is 5.75 Å². The van der Waals surface area contributed by atoms with Gasteiger partial charge in [-0.05, 0) is 56.2 Å². The van der Waals surface area contributed by atoms with Crippen LogP contribution in [0.4, 0.5) is 0 Å². The standard InChI is InChI=1S/C21H30N2O4/c1-27-18-7-4-5-16(13-18)14-21(10-8-19(25)22-21)11-9-20(26)23-12-3-2-6-17(23)15-24/h4-5,7,13,17,24H,2-3,6,8-12,14-15H2,1H3,(H,22,25). The van der Waals surface area contributed by atoms with Crippen LogP contribution in [-0.2, 0) is 16.0 Å². The molecule has 0 bridgehead atoms. The molecule has 2 atom stereocenters. The van der Waals surface area contributed by atoms with Crippen LogP contribution in [0, 0.1) is 0 Å². The van der Waals surface area contributed by atoms with Crippen LogP contribution < -0.4 is 10.1 Å². The first-order valence-electron chi connectivity index (χ1n) is 9.89. The second kappa shape index (κ2) is 8.74. The highest BCUT2D eigenvalue weighted by Gasteiger charge is 2.38. The second-order valence-corrected chi connectivity index (χ2v) is 7.78. The first-order valence-corrected chi connectivity index (χ1v) is 9.89. The van der Waals surface area contributed by atoms with Crippen LogP contribution in [0.15, 0.2) is 24.3 Å². The van der Waals surface area contributed by atoms with Crippen molar-refractivity contribution in [2.24, 2.45) is 0 Å². The molecule has 1 aromatic carbocycles. The number of rotatable bonds is 7. The fourth-order valence-corrected chi connectivity index (χ4v) is 4.36. The summed E-state index contributed by atoms with van der Waals surface area (Å²) < 4.78 is 5.30. The minimum Gasteiger partial charge on any atom is -0.497 e. The molecule has 2 unspecified atom stereocenters. The minimum absolute atomic E-state index is 0.0252. The van der Waals surface area contributed by atoms with Gasteiger partial charge in [-0.15, -0.1) is 0 Å². The third-order valence-corrected chi connectivity index (χ3v) is 5.89. The molecule has 27 heavy (non-hydrogen) atoms. The molecule has 6 heteroatoms. The molecule has 0 spiro atoms. The van der Waals surface area contributed by atoms with Crippen LogP contribution in [0.25, 0.3) is 0 Å². The van der Waals surface area contributed by atoms with Crippen LogP contribution in [0.2, 0.25) is 0 Å². The summed E-state index contributed by atoms with van der Waals surface area (Å²) in [5.41, 5.74) is 0.707. The number of likely N-dealkylation sites (tertiary alicyclic amines) is 1. The molecule has 2 saturated heterocycles. The third-order valence-electron chi connectivity index (χ3n) is 5.89. The zero-order valence-electron chi connectivity index (χ0n) is 16.1. The van der Waals surface area contributed by atoms with E-state index in [1.54, 1.807) is 7.11 Å². The summed E-state index contributed by atoms with van der Waals surface area (Å²) in [7, 11) is 1.64. The van der Waals surface area contributed by atoms with Crippen LogP contribution >= 0.6 is 0 Å². The average molecular weight is 374 g/mol. The molecule has 148 valence electrons. The number of nitrogens with zero attached hydrogens (tertiary/aromatic N) is 1. The van der Waals surface area contributed by atoms with E-state index < -0.39 is 0 Å². The minimum atomic E-state index is -0.385. The first kappa shape index (κ1) is 19.7. The Morgan fingerprint density at radius 2 is 2.26 bits per heavy atom. The first-order chi connectivity index (χ1) is 13.0. The molecule has 2 fully saturated rings. The average Bonchev–Trinajstić information content (AvgIpc) is 3.06. The number of aliphatic hydroxyl groups is 1. The highest BCUT2D eigenvalue weighted by Crippen LogP contribution is 2.31. The quantitative estimate of drug-likeness (QED) is 0.766. The normalized spacial score (nSPS) is 25.3. The van der Waals surface area contributed by atoms with E-state index in [9.17, 15) is 14.7 Å². The van der Waals surface area contributed by atoms with Crippen molar-refractivity contribution in [2.75, 3.05) is 20.3 Å². The topological polar surface area (TPSA) is 78.9 Å². The Morgan fingerprint density at radius 1 is 1.41 bits per heavy atom. The van der Waals surface area contributed by atoms with Crippen molar-refractivity contribution >= 4 is 11.8 Å². The van der Waals surface area contributed by atoms with E-state index in [1.807, 2.05) is 29.2 Å². The number of methoxy groups -OCH3 is 1. The van der Waals surface area contributed by atoms with Gasteiger partial charge in [-0.2, -0.15) is 0 Å². The predicted octanol–water partition coefficient (Wildman–Crippen LogP) is 2.04. The molecular formula is C21H30N2O4. The summed E-state index contributed by atoms with van der Waals surface area (Å²) in [6.45, 7) is 0.747. The molecule has 0 saturated carbocycles. The Labute approximate surface area is 160 Å². The molecule has 0 aliphatic carbocycles. The number of amides is 2. The van der Waals surface area contributed by atoms with Gasteiger partial charge >= 0.3 is 0 Å². The molecule has 2 heterocycles. The highest BCUT2D eigenvalue weighted by molar-refractivity contribution is 5.80. The Hall–Kier alpha value is -2.08. The van der Waals surface area contributed by atoms with Crippen molar-refractivity contribution in [3.8, 4) is 5.75 Å². The second-order valence-electron chi connectivity index (χ2n) is 7.78. The highest BCUT2D eigenvalue weighted by atomic mass is 16.5. The number of hydrogen-bond donors (Lipinski definition) is 2. The molecule has 2 aliphatic heterocycles. The summed E-state index contributed by atoms with van der Waals surface area (Å²) in [6.07, 6.45) is 5.85. The maximum absolute atomic E-state index is 12.8. The summed E-state index contributed by atoms with van der Waals surface area (Å²) >= 11 is 0. The van der Waals surface area contributed by atoms with Crippen molar-refractivity contribution < 1.29 is 19.4 Å². The third kappa shape index (κ3) is 4.80. The van der Waals surface area contributed by atoms with E-state index in [1.165, 1.54) is 0 Å². The molecule has 2 aliphatic rings. The predicted molar refractivity (Wildman–Crippen MR) is 102 cm³/mol. The Morgan fingerprint density at radius 3 is 2.96 bits per heavy atom. The van der Waals surface area contributed by atoms with Crippen molar-refractivity contribution in [1.82, 2.24) is 10.2 Å². The molecule has 6 nitrogen and oxygen atoms in total. The van der Waals surface area contributed by atoms with Crippen molar-refractivity contribution in [3.05, 3.63) is 29.8 Å². The van der Waals surface area contributed by atoms with E-state index in [-0.39, 0.29) is 30.0 Å². The van der Waals surface area contributed by atoms with E-state index in [4.69, 9.17) is 4.74 Å². The zero-order chi connectivity index (χ0) is 19.3. The smallest absolute Gasteiger partial charge is 0.222 e. The number of carbonyl (C=O) groups is 2. The van der Waals surface area contributed by atoms with Crippen LogP contribution in [0.1, 0.15) is 50.5 Å². The number of benzene rings is 1. The SMILES string of the molecule is COc1cccc(CC2(CCC(=O)N3CCCCC3CO)CCC(=O)N2)c1. The van der Waals surface area contributed by atoms with Crippen LogP contribution in [0.3, 0.4) is 0 Å². The van der Waals surface area contributed by atoms with Gasteiger partial charge in [0.15, 0.2) is 0 Å². The summed E-state index contributed by atoms with van der Waals surface area (Å²) in [6, 6.07) is 7.81. The lowest BCUT2D eigenvalue weighted by molar-refractivity contribution is -0.136. The largest absolute Gasteiger partial charge is 0.497 e.